The number of fused-ring (bicyclic) bond motifs is 1. The predicted octanol–water partition coefficient (Wildman–Crippen LogP) is -3.61. The Labute approximate surface area is 382 Å². The van der Waals surface area contributed by atoms with Gasteiger partial charge in [0.2, 0.25) is 30.0 Å². The molecular formula is C43H48O25. The lowest BCUT2D eigenvalue weighted by Crippen LogP contribution is -2.61. The van der Waals surface area contributed by atoms with Gasteiger partial charge in [-0.25, -0.2) is 4.79 Å². The molecule has 370 valence electrons. The Kier molecular flexibility index (Phi) is 15.3. The average Bonchev–Trinajstić information content (AvgIpc) is 3.32. The number of methoxy groups -OCH3 is 1. The molecule has 3 fully saturated rings. The van der Waals surface area contributed by atoms with Crippen molar-refractivity contribution in [1.82, 2.24) is 0 Å². The highest BCUT2D eigenvalue weighted by Gasteiger charge is 2.49. The second-order valence-electron chi connectivity index (χ2n) is 15.7. The zero-order valence-corrected chi connectivity index (χ0v) is 35.3. The molecule has 0 unspecified atom stereocenters. The molecule has 3 aromatic carbocycles. The number of aromatic hydroxyl groups is 3. The minimum Gasteiger partial charge on any atom is -0.507 e. The number of esters is 1. The van der Waals surface area contributed by atoms with Crippen molar-refractivity contribution in [3.63, 3.8) is 0 Å². The summed E-state index contributed by atoms with van der Waals surface area (Å²) in [6, 6.07) is 9.12. The second kappa shape index (κ2) is 20.8. The molecule has 0 saturated carbocycles. The van der Waals surface area contributed by atoms with Gasteiger partial charge < -0.3 is 114 Å². The average molecular weight is 965 g/mol. The number of aliphatic hydroxyl groups excluding tert-OH is 11. The number of phenols is 3. The molecule has 15 atom stereocenters. The third kappa shape index (κ3) is 9.98. The molecular weight excluding hydrogens is 916 g/mol. The van der Waals surface area contributed by atoms with Crippen LogP contribution in [0.1, 0.15) is 5.56 Å². The molecule has 0 bridgehead atoms. The largest absolute Gasteiger partial charge is 0.507 e. The number of hydrogen-bond acceptors (Lipinski definition) is 25. The van der Waals surface area contributed by atoms with Gasteiger partial charge in [-0.3, -0.25) is 4.79 Å². The Balaban J connectivity index is 1.29. The third-order valence-corrected chi connectivity index (χ3v) is 11.2. The molecule has 0 amide bonds. The van der Waals surface area contributed by atoms with Gasteiger partial charge in [0, 0.05) is 23.8 Å². The van der Waals surface area contributed by atoms with Gasteiger partial charge in [0.25, 0.3) is 0 Å². The van der Waals surface area contributed by atoms with Gasteiger partial charge in [-0.05, 0) is 42.0 Å². The number of aliphatic hydroxyl groups is 11. The molecule has 14 N–H and O–H groups in total. The molecule has 68 heavy (non-hydrogen) atoms. The molecule has 3 saturated heterocycles. The van der Waals surface area contributed by atoms with Gasteiger partial charge in [0.15, 0.2) is 34.9 Å². The van der Waals surface area contributed by atoms with Crippen LogP contribution in [0.4, 0.5) is 0 Å². The first-order valence-corrected chi connectivity index (χ1v) is 20.6. The van der Waals surface area contributed by atoms with Crippen molar-refractivity contribution in [2.45, 2.75) is 92.1 Å². The number of hydrogen-bond donors (Lipinski definition) is 14. The molecule has 3 aliphatic heterocycles. The fraction of sp³-hybridized carbons (Fsp3) is 0.442. The molecule has 25 heteroatoms. The lowest BCUT2D eigenvalue weighted by Gasteiger charge is -2.41. The predicted molar refractivity (Wildman–Crippen MR) is 222 cm³/mol. The van der Waals surface area contributed by atoms with Gasteiger partial charge in [-0.2, -0.15) is 0 Å². The van der Waals surface area contributed by atoms with E-state index in [-0.39, 0.29) is 22.8 Å². The first-order valence-electron chi connectivity index (χ1n) is 20.6. The van der Waals surface area contributed by atoms with Crippen molar-refractivity contribution in [3.05, 3.63) is 70.4 Å². The standard InChI is InChI=1S/C43H48O25/c1-60-22-8-15(2-5-18(22)47)3-7-27(50)67-40-35(57)31(53)26(14-46)66-43(40)68-39-32(54)28-20(49)10-17(61-41-36(58)33(55)29(51)24(12-44)64-41)11-23(28)62-38(39)16-4-6-21(19(48)9-16)63-42-37(59)34(56)30(52)25(13-45)65-42/h2-11,24-26,29-31,33-37,40-49,51-53,55-59H,12-14H2,1H3/b7-3+/t24-,25+,26-,29-,30+,31-,33+,34-,35+,36-,37+,40-,41-,42+,43+/m1/s1. The third-order valence-electron chi connectivity index (χ3n) is 11.2. The Bertz CT molecular complexity index is 2510. The van der Waals surface area contributed by atoms with E-state index in [1.165, 1.54) is 31.4 Å². The van der Waals surface area contributed by atoms with Crippen molar-refractivity contribution in [2.24, 2.45) is 0 Å². The maximum absolute atomic E-state index is 14.6. The Morgan fingerprint density at radius 1 is 0.618 bits per heavy atom. The van der Waals surface area contributed by atoms with Crippen LogP contribution in [-0.4, -0.2) is 197 Å². The monoisotopic (exact) mass is 964 g/mol. The van der Waals surface area contributed by atoms with Crippen LogP contribution >= 0.6 is 0 Å². The smallest absolute Gasteiger partial charge is 0.331 e. The minimum absolute atomic E-state index is 0.0705. The number of carbonyl (C=O) groups is 1. The topological polar surface area (TPSA) is 404 Å². The minimum atomic E-state index is -2.07. The lowest BCUT2D eigenvalue weighted by atomic mass is 9.99. The summed E-state index contributed by atoms with van der Waals surface area (Å²) in [7, 11) is 1.30. The fourth-order valence-electron chi connectivity index (χ4n) is 7.50. The fourth-order valence-corrected chi connectivity index (χ4v) is 7.50. The van der Waals surface area contributed by atoms with Crippen molar-refractivity contribution in [3.8, 4) is 51.6 Å². The summed E-state index contributed by atoms with van der Waals surface area (Å²) in [6.07, 6.45) is -24.8. The zero-order valence-electron chi connectivity index (χ0n) is 35.3. The van der Waals surface area contributed by atoms with E-state index in [1.807, 2.05) is 0 Å². The van der Waals surface area contributed by atoms with Crippen molar-refractivity contribution < 1.29 is 119 Å². The molecule has 3 aliphatic rings. The van der Waals surface area contributed by atoms with Crippen LogP contribution in [0.2, 0.25) is 0 Å². The van der Waals surface area contributed by atoms with Crippen LogP contribution in [0.3, 0.4) is 0 Å². The van der Waals surface area contributed by atoms with E-state index in [2.05, 4.69) is 0 Å². The van der Waals surface area contributed by atoms with Crippen LogP contribution in [0, 0.1) is 0 Å². The van der Waals surface area contributed by atoms with E-state index < -0.39 is 163 Å². The van der Waals surface area contributed by atoms with Crippen LogP contribution in [-0.2, 0) is 23.7 Å². The first-order chi connectivity index (χ1) is 32.4. The highest BCUT2D eigenvalue weighted by Crippen LogP contribution is 2.41. The van der Waals surface area contributed by atoms with E-state index >= 15 is 0 Å². The van der Waals surface area contributed by atoms with Crippen molar-refractivity contribution in [2.75, 3.05) is 26.9 Å². The highest BCUT2D eigenvalue weighted by molar-refractivity contribution is 5.89. The Morgan fingerprint density at radius 2 is 1.21 bits per heavy atom. The molecule has 4 aromatic rings. The maximum Gasteiger partial charge on any atom is 0.331 e. The summed E-state index contributed by atoms with van der Waals surface area (Å²) in [5, 5.41) is 145. The zero-order chi connectivity index (χ0) is 49.3. The van der Waals surface area contributed by atoms with E-state index in [9.17, 15) is 81.1 Å². The van der Waals surface area contributed by atoms with Gasteiger partial charge >= 0.3 is 5.97 Å². The maximum atomic E-state index is 14.6. The van der Waals surface area contributed by atoms with Gasteiger partial charge in [0.1, 0.15) is 89.6 Å². The molecule has 7 rings (SSSR count). The van der Waals surface area contributed by atoms with Gasteiger partial charge in [0.05, 0.1) is 26.9 Å². The number of ether oxygens (including phenoxy) is 8. The molecule has 0 radical (unpaired) electrons. The number of carbonyl (C=O) groups excluding carboxylic acids is 1. The Hall–Kier alpha value is -5.88. The van der Waals surface area contributed by atoms with Crippen LogP contribution < -0.4 is 24.4 Å². The second-order valence-corrected chi connectivity index (χ2v) is 15.7. The van der Waals surface area contributed by atoms with Crippen molar-refractivity contribution in [1.29, 1.82) is 0 Å². The number of benzene rings is 3. The summed E-state index contributed by atoms with van der Waals surface area (Å²) in [6.45, 7) is -2.54. The molecule has 0 aliphatic carbocycles. The lowest BCUT2D eigenvalue weighted by molar-refractivity contribution is -0.281. The van der Waals surface area contributed by atoms with Gasteiger partial charge in [-0.15, -0.1) is 0 Å². The first kappa shape index (κ1) is 50.0. The number of phenolic OH excluding ortho intramolecular Hbond substituents is 3. The summed E-state index contributed by atoms with van der Waals surface area (Å²) in [5.74, 6) is -5.21. The van der Waals surface area contributed by atoms with E-state index in [0.717, 1.165) is 36.4 Å². The molecule has 4 heterocycles. The van der Waals surface area contributed by atoms with Crippen LogP contribution in [0.5, 0.6) is 40.2 Å². The van der Waals surface area contributed by atoms with E-state index in [4.69, 9.17) is 42.3 Å². The van der Waals surface area contributed by atoms with Crippen LogP contribution in [0.15, 0.2) is 63.8 Å². The highest BCUT2D eigenvalue weighted by atomic mass is 16.7. The summed E-state index contributed by atoms with van der Waals surface area (Å²) >= 11 is 0. The summed E-state index contributed by atoms with van der Waals surface area (Å²) < 4.78 is 50.3. The Morgan fingerprint density at radius 3 is 1.79 bits per heavy atom. The van der Waals surface area contributed by atoms with Crippen molar-refractivity contribution >= 4 is 23.0 Å². The molecule has 25 nitrogen and oxygen atoms in total. The van der Waals surface area contributed by atoms with E-state index in [0.29, 0.717) is 5.56 Å². The quantitative estimate of drug-likeness (QED) is 0.0429. The summed E-state index contributed by atoms with van der Waals surface area (Å²) in [4.78, 5) is 27.8. The summed E-state index contributed by atoms with van der Waals surface area (Å²) in [5.41, 5.74) is -1.60. The number of rotatable bonds is 14. The van der Waals surface area contributed by atoms with Crippen LogP contribution in [0.25, 0.3) is 28.4 Å². The molecule has 1 aromatic heterocycles. The van der Waals surface area contributed by atoms with E-state index in [1.54, 1.807) is 0 Å². The normalized spacial score (nSPS) is 31.9. The molecule has 0 spiro atoms. The van der Waals surface area contributed by atoms with Gasteiger partial charge in [-0.1, -0.05) is 6.07 Å². The SMILES string of the molecule is COc1cc(/C=C/C(=O)O[C@H]2[C@H](Oc3c(-c4ccc(O[C@H]5O[C@@H](CO)[C@H](O)[C@@H](O)[C@@H]5O)c(O)c4)oc4cc(O[C@@H]5O[C@H](CO)[C@@H](O)[C@H](O)[C@H]5O)cc(O)c4c3=O)O[C@H](CO)[C@@H](O)[C@@H]2O)ccc1O.